The van der Waals surface area contributed by atoms with Gasteiger partial charge in [0.05, 0.1) is 23.6 Å². The maximum atomic E-state index is 4.63. The van der Waals surface area contributed by atoms with Crippen LogP contribution in [0, 0.1) is 0 Å². The average Bonchev–Trinajstić information content (AvgIpc) is 3.02. The van der Waals surface area contributed by atoms with Gasteiger partial charge < -0.3 is 4.57 Å². The Bertz CT molecular complexity index is 866. The second kappa shape index (κ2) is 5.47. The highest BCUT2D eigenvalue weighted by atomic mass is 15.1. The predicted molar refractivity (Wildman–Crippen MR) is 100 cm³/mol. The molecule has 2 heterocycles. The van der Waals surface area contributed by atoms with Crippen molar-refractivity contribution in [2.75, 3.05) is 6.54 Å². The zero-order valence-electron chi connectivity index (χ0n) is 14.4. The summed E-state index contributed by atoms with van der Waals surface area (Å²) in [7, 11) is 0. The summed E-state index contributed by atoms with van der Waals surface area (Å²) in [5, 5.41) is 0. The molecule has 1 unspecified atom stereocenters. The van der Waals surface area contributed by atoms with Crippen LogP contribution in [0.1, 0.15) is 54.5 Å². The van der Waals surface area contributed by atoms with Gasteiger partial charge in [0.1, 0.15) is 0 Å². The first kappa shape index (κ1) is 14.3. The number of aliphatic imine (C=N–C) groups is 1. The quantitative estimate of drug-likeness (QED) is 0.666. The Labute approximate surface area is 143 Å². The van der Waals surface area contributed by atoms with Gasteiger partial charge in [0, 0.05) is 18.0 Å². The highest BCUT2D eigenvalue weighted by Gasteiger charge is 2.25. The van der Waals surface area contributed by atoms with E-state index in [1.807, 2.05) is 0 Å². The van der Waals surface area contributed by atoms with E-state index in [0.717, 1.165) is 13.1 Å². The standard InChI is InChI=1S/C22H24N2/c1-15-21-14-19-8-7-18-13-17(16-5-3-2-4-6-16)9-10-20(18)22(19)24(21)12-11-23-15/h3,5,9-10,13-14,16H,2,4,6-8,11-12H2,1H3. The Morgan fingerprint density at radius 2 is 2.04 bits per heavy atom. The Hall–Kier alpha value is -2.09. The van der Waals surface area contributed by atoms with Crippen LogP contribution >= 0.6 is 0 Å². The van der Waals surface area contributed by atoms with Crippen molar-refractivity contribution in [1.29, 1.82) is 0 Å². The molecule has 2 nitrogen and oxygen atoms in total. The van der Waals surface area contributed by atoms with Gasteiger partial charge in [-0.3, -0.25) is 4.99 Å². The summed E-state index contributed by atoms with van der Waals surface area (Å²) in [5.41, 5.74) is 10.0. The molecule has 0 N–H and O–H groups in total. The predicted octanol–water partition coefficient (Wildman–Crippen LogP) is 4.90. The van der Waals surface area contributed by atoms with E-state index < -0.39 is 0 Å². The lowest BCUT2D eigenvalue weighted by Crippen LogP contribution is -2.17. The fourth-order valence-corrected chi connectivity index (χ4v) is 4.69. The molecule has 1 aliphatic heterocycles. The molecule has 0 amide bonds. The van der Waals surface area contributed by atoms with E-state index in [-0.39, 0.29) is 0 Å². The number of aryl methyl sites for hydroxylation is 2. The van der Waals surface area contributed by atoms with Gasteiger partial charge in [0.25, 0.3) is 0 Å². The fourth-order valence-electron chi connectivity index (χ4n) is 4.69. The zero-order valence-corrected chi connectivity index (χ0v) is 14.4. The number of fused-ring (bicyclic) bond motifs is 5. The van der Waals surface area contributed by atoms with Crippen molar-refractivity contribution in [1.82, 2.24) is 4.57 Å². The SMILES string of the molecule is CC1=NCCn2c1cc1c2-c2ccc(C3C=CCCC3)cc2CC1. The number of aromatic nitrogens is 1. The molecule has 2 aromatic rings. The van der Waals surface area contributed by atoms with Gasteiger partial charge in [-0.15, -0.1) is 0 Å². The highest BCUT2D eigenvalue weighted by Crippen LogP contribution is 2.39. The lowest BCUT2D eigenvalue weighted by molar-refractivity contribution is 0.653. The summed E-state index contributed by atoms with van der Waals surface area (Å²) in [6, 6.07) is 9.63. The minimum atomic E-state index is 0.626. The van der Waals surface area contributed by atoms with Crippen molar-refractivity contribution in [2.24, 2.45) is 4.99 Å². The molecule has 0 spiro atoms. The van der Waals surface area contributed by atoms with Gasteiger partial charge in [-0.2, -0.15) is 0 Å². The molecule has 1 aromatic heterocycles. The summed E-state index contributed by atoms with van der Waals surface area (Å²) >= 11 is 0. The molecule has 0 saturated carbocycles. The van der Waals surface area contributed by atoms with Gasteiger partial charge in [-0.1, -0.05) is 30.4 Å². The van der Waals surface area contributed by atoms with E-state index in [1.165, 1.54) is 65.9 Å². The van der Waals surface area contributed by atoms with Gasteiger partial charge >= 0.3 is 0 Å². The molecule has 1 atom stereocenters. The molecular formula is C22H24N2. The molecule has 0 fully saturated rings. The van der Waals surface area contributed by atoms with Crippen molar-refractivity contribution in [3.05, 3.63) is 58.8 Å². The number of rotatable bonds is 1. The third-order valence-electron chi connectivity index (χ3n) is 5.95. The monoisotopic (exact) mass is 316 g/mol. The maximum Gasteiger partial charge on any atom is 0.0626 e. The number of benzene rings is 1. The van der Waals surface area contributed by atoms with Crippen LogP contribution in [0.2, 0.25) is 0 Å². The summed E-state index contributed by atoms with van der Waals surface area (Å²) in [6.07, 6.45) is 11.0. The van der Waals surface area contributed by atoms with Gasteiger partial charge in [-0.25, -0.2) is 0 Å². The van der Waals surface area contributed by atoms with E-state index in [1.54, 1.807) is 5.56 Å². The van der Waals surface area contributed by atoms with Gasteiger partial charge in [-0.05, 0) is 61.8 Å². The Balaban J connectivity index is 1.61. The van der Waals surface area contributed by atoms with Crippen LogP contribution in [-0.2, 0) is 19.4 Å². The molecule has 0 saturated heterocycles. The smallest absolute Gasteiger partial charge is 0.0626 e. The largest absolute Gasteiger partial charge is 0.337 e. The molecule has 1 aromatic carbocycles. The molecular weight excluding hydrogens is 292 g/mol. The summed E-state index contributed by atoms with van der Waals surface area (Å²) < 4.78 is 2.51. The van der Waals surface area contributed by atoms with Crippen molar-refractivity contribution >= 4 is 5.71 Å². The molecule has 0 bridgehead atoms. The Kier molecular flexibility index (Phi) is 3.26. The minimum absolute atomic E-state index is 0.626. The van der Waals surface area contributed by atoms with Crippen LogP contribution in [0.5, 0.6) is 0 Å². The number of nitrogens with zero attached hydrogens (tertiary/aromatic N) is 2. The molecule has 0 radical (unpaired) electrons. The normalized spacial score (nSPS) is 21.7. The molecule has 24 heavy (non-hydrogen) atoms. The van der Waals surface area contributed by atoms with Crippen LogP contribution in [0.25, 0.3) is 11.3 Å². The molecule has 122 valence electrons. The van der Waals surface area contributed by atoms with E-state index in [9.17, 15) is 0 Å². The van der Waals surface area contributed by atoms with E-state index in [2.05, 4.69) is 52.9 Å². The molecule has 2 aliphatic carbocycles. The molecule has 5 rings (SSSR count). The lowest BCUT2D eigenvalue weighted by Gasteiger charge is -2.24. The van der Waals surface area contributed by atoms with Crippen LogP contribution in [0.4, 0.5) is 0 Å². The summed E-state index contributed by atoms with van der Waals surface area (Å²) in [5.74, 6) is 0.626. The minimum Gasteiger partial charge on any atom is -0.337 e. The van der Waals surface area contributed by atoms with Crippen molar-refractivity contribution < 1.29 is 0 Å². The van der Waals surface area contributed by atoms with Gasteiger partial charge in [0.2, 0.25) is 0 Å². The first-order valence-corrected chi connectivity index (χ1v) is 9.35. The van der Waals surface area contributed by atoms with Crippen LogP contribution in [-0.4, -0.2) is 16.8 Å². The maximum absolute atomic E-state index is 4.63. The van der Waals surface area contributed by atoms with E-state index in [0.29, 0.717) is 5.92 Å². The first-order valence-electron chi connectivity index (χ1n) is 9.35. The number of hydrogen-bond acceptors (Lipinski definition) is 1. The van der Waals surface area contributed by atoms with Crippen molar-refractivity contribution in [2.45, 2.75) is 51.5 Å². The highest BCUT2D eigenvalue weighted by molar-refractivity contribution is 5.99. The Morgan fingerprint density at radius 1 is 1.12 bits per heavy atom. The van der Waals surface area contributed by atoms with Crippen LogP contribution in [0.15, 0.2) is 41.4 Å². The third kappa shape index (κ3) is 2.12. The number of allylic oxidation sites excluding steroid dienone is 2. The summed E-state index contributed by atoms with van der Waals surface area (Å²) in [6.45, 7) is 4.09. The average molecular weight is 316 g/mol. The Morgan fingerprint density at radius 3 is 2.92 bits per heavy atom. The van der Waals surface area contributed by atoms with Crippen molar-refractivity contribution in [3.63, 3.8) is 0 Å². The van der Waals surface area contributed by atoms with Gasteiger partial charge in [0.15, 0.2) is 0 Å². The first-order chi connectivity index (χ1) is 11.8. The van der Waals surface area contributed by atoms with E-state index >= 15 is 0 Å². The van der Waals surface area contributed by atoms with Crippen LogP contribution in [0.3, 0.4) is 0 Å². The topological polar surface area (TPSA) is 17.3 Å². The molecule has 3 aliphatic rings. The fraction of sp³-hybridized carbons (Fsp3) is 0.409. The van der Waals surface area contributed by atoms with Crippen molar-refractivity contribution in [3.8, 4) is 11.3 Å². The lowest BCUT2D eigenvalue weighted by atomic mass is 9.84. The van der Waals surface area contributed by atoms with E-state index in [4.69, 9.17) is 0 Å². The molecule has 2 heteroatoms. The summed E-state index contributed by atoms with van der Waals surface area (Å²) in [4.78, 5) is 4.63. The number of hydrogen-bond donors (Lipinski definition) is 0. The van der Waals surface area contributed by atoms with Crippen LogP contribution < -0.4 is 0 Å². The second-order valence-electron chi connectivity index (χ2n) is 7.40. The second-order valence-corrected chi connectivity index (χ2v) is 7.40. The zero-order chi connectivity index (χ0) is 16.1. The third-order valence-corrected chi connectivity index (χ3v) is 5.95.